The van der Waals surface area contributed by atoms with Gasteiger partial charge in [-0.2, -0.15) is 5.10 Å². The van der Waals surface area contributed by atoms with Crippen molar-refractivity contribution in [1.82, 2.24) is 24.6 Å². The summed E-state index contributed by atoms with van der Waals surface area (Å²) < 4.78 is 7.05. The maximum Gasteiger partial charge on any atom is 0.240 e. The lowest BCUT2D eigenvalue weighted by Gasteiger charge is -2.25. The van der Waals surface area contributed by atoms with Crippen LogP contribution >= 0.6 is 0 Å². The third-order valence-corrected chi connectivity index (χ3v) is 4.34. The largest absolute Gasteiger partial charge is 0.379 e. The summed E-state index contributed by atoms with van der Waals surface area (Å²) >= 11 is 0. The summed E-state index contributed by atoms with van der Waals surface area (Å²) in [5.41, 5.74) is 2.82. The molecule has 0 bridgehead atoms. The van der Waals surface area contributed by atoms with E-state index in [1.54, 1.807) is 10.9 Å². The van der Waals surface area contributed by atoms with E-state index in [0.717, 1.165) is 35.1 Å². The van der Waals surface area contributed by atoms with Gasteiger partial charge in [0.1, 0.15) is 0 Å². The van der Waals surface area contributed by atoms with E-state index in [9.17, 15) is 4.79 Å². The molecule has 1 aliphatic heterocycles. The molecule has 0 saturated carbocycles. The highest BCUT2D eigenvalue weighted by molar-refractivity contribution is 5.92. The highest BCUT2D eigenvalue weighted by Gasteiger charge is 2.15. The number of benzene rings is 1. The van der Waals surface area contributed by atoms with E-state index >= 15 is 0 Å². The summed E-state index contributed by atoms with van der Waals surface area (Å²) in [5, 5.41) is 7.90. The molecule has 1 amide bonds. The Balaban J connectivity index is 1.51. The van der Waals surface area contributed by atoms with Crippen molar-refractivity contribution in [3.63, 3.8) is 0 Å². The molecule has 1 N–H and O–H groups in total. The van der Waals surface area contributed by atoms with Gasteiger partial charge in [0.2, 0.25) is 11.9 Å². The number of nitrogens with zero attached hydrogens (tertiary/aromatic N) is 5. The minimum atomic E-state index is -0.116. The average molecular weight is 352 g/mol. The zero-order valence-electron chi connectivity index (χ0n) is 14.6. The molecule has 134 valence electrons. The van der Waals surface area contributed by atoms with E-state index in [1.807, 2.05) is 37.6 Å². The number of nitrogens with one attached hydrogen (secondary N) is 1. The number of hydrogen-bond acceptors (Lipinski definition) is 6. The van der Waals surface area contributed by atoms with Crippen LogP contribution in [-0.4, -0.2) is 63.4 Å². The standard InChI is InChI=1S/C18H20N6O2/c1-23-11-15(10-20-23)13-2-3-14-9-19-18(21-16(14)8-13)22-17(25)12-24-4-6-26-7-5-24/h2-3,8-11H,4-7,12H2,1H3,(H,19,21,22,25). The van der Waals surface area contributed by atoms with Gasteiger partial charge in [0, 0.05) is 43.5 Å². The number of ether oxygens (including phenoxy) is 1. The molecule has 0 radical (unpaired) electrons. The molecule has 0 aliphatic carbocycles. The van der Waals surface area contributed by atoms with Crippen LogP contribution in [-0.2, 0) is 16.6 Å². The molecule has 1 aromatic carbocycles. The van der Waals surface area contributed by atoms with Gasteiger partial charge in [-0.05, 0) is 11.6 Å². The second-order valence-corrected chi connectivity index (χ2v) is 6.31. The normalized spacial score (nSPS) is 15.3. The first kappa shape index (κ1) is 16.6. The molecule has 26 heavy (non-hydrogen) atoms. The number of rotatable bonds is 4. The maximum absolute atomic E-state index is 12.2. The molecule has 4 rings (SSSR count). The summed E-state index contributed by atoms with van der Waals surface area (Å²) in [5.74, 6) is 0.203. The monoisotopic (exact) mass is 352 g/mol. The van der Waals surface area contributed by atoms with Crippen LogP contribution in [0.3, 0.4) is 0 Å². The second kappa shape index (κ2) is 7.19. The van der Waals surface area contributed by atoms with Gasteiger partial charge in [0.15, 0.2) is 0 Å². The summed E-state index contributed by atoms with van der Waals surface area (Å²) in [6, 6.07) is 5.96. The lowest BCUT2D eigenvalue weighted by Crippen LogP contribution is -2.41. The SMILES string of the molecule is Cn1cc(-c2ccc3cnc(NC(=O)CN4CCOCC4)nc3c2)cn1. The zero-order chi connectivity index (χ0) is 17.9. The van der Waals surface area contributed by atoms with Gasteiger partial charge in [-0.1, -0.05) is 12.1 Å². The van der Waals surface area contributed by atoms with Gasteiger partial charge in [0.25, 0.3) is 0 Å². The van der Waals surface area contributed by atoms with Gasteiger partial charge < -0.3 is 4.74 Å². The predicted octanol–water partition coefficient (Wildman–Crippen LogP) is 1.30. The first-order valence-corrected chi connectivity index (χ1v) is 8.53. The minimum absolute atomic E-state index is 0.116. The van der Waals surface area contributed by atoms with Gasteiger partial charge in [-0.15, -0.1) is 0 Å². The lowest BCUT2D eigenvalue weighted by molar-refractivity contribution is -0.118. The van der Waals surface area contributed by atoms with Gasteiger partial charge >= 0.3 is 0 Å². The molecule has 0 spiro atoms. The molecule has 1 saturated heterocycles. The Bertz CT molecular complexity index is 932. The summed E-state index contributed by atoms with van der Waals surface area (Å²) in [6.07, 6.45) is 5.49. The number of anilines is 1. The quantitative estimate of drug-likeness (QED) is 0.762. The van der Waals surface area contributed by atoms with Crippen LogP contribution in [0.4, 0.5) is 5.95 Å². The van der Waals surface area contributed by atoms with Gasteiger partial charge in [-0.3, -0.25) is 19.7 Å². The number of aromatic nitrogens is 4. The van der Waals surface area contributed by atoms with Crippen molar-refractivity contribution in [2.75, 3.05) is 38.2 Å². The number of fused-ring (bicyclic) bond motifs is 1. The van der Waals surface area contributed by atoms with Crippen molar-refractivity contribution >= 4 is 22.8 Å². The molecular weight excluding hydrogens is 332 g/mol. The molecule has 1 aliphatic rings. The number of hydrogen-bond donors (Lipinski definition) is 1. The summed E-state index contributed by atoms with van der Waals surface area (Å²) in [6.45, 7) is 3.18. The number of aryl methyl sites for hydroxylation is 1. The van der Waals surface area contributed by atoms with Crippen LogP contribution in [0, 0.1) is 0 Å². The summed E-state index contributed by atoms with van der Waals surface area (Å²) in [7, 11) is 1.88. The average Bonchev–Trinajstić information content (AvgIpc) is 3.08. The third-order valence-electron chi connectivity index (χ3n) is 4.34. The van der Waals surface area contributed by atoms with E-state index < -0.39 is 0 Å². The number of amides is 1. The molecule has 3 heterocycles. The number of carbonyl (C=O) groups is 1. The minimum Gasteiger partial charge on any atom is -0.379 e. The van der Waals surface area contributed by atoms with E-state index in [-0.39, 0.29) is 5.91 Å². The first-order valence-electron chi connectivity index (χ1n) is 8.53. The Hall–Kier alpha value is -2.84. The molecule has 3 aromatic rings. The van der Waals surface area contributed by atoms with Crippen molar-refractivity contribution in [3.8, 4) is 11.1 Å². The molecule has 0 atom stereocenters. The van der Waals surface area contributed by atoms with Crippen LogP contribution in [0.25, 0.3) is 22.0 Å². The van der Waals surface area contributed by atoms with Crippen LogP contribution in [0.1, 0.15) is 0 Å². The van der Waals surface area contributed by atoms with Gasteiger partial charge in [-0.25, -0.2) is 9.97 Å². The Morgan fingerprint density at radius 3 is 2.85 bits per heavy atom. The van der Waals surface area contributed by atoms with Crippen LogP contribution < -0.4 is 5.32 Å². The van der Waals surface area contributed by atoms with Crippen molar-refractivity contribution in [1.29, 1.82) is 0 Å². The smallest absolute Gasteiger partial charge is 0.240 e. The Morgan fingerprint density at radius 1 is 1.23 bits per heavy atom. The van der Waals surface area contributed by atoms with E-state index in [2.05, 4.69) is 25.3 Å². The van der Waals surface area contributed by atoms with Crippen molar-refractivity contribution in [2.24, 2.45) is 7.05 Å². The van der Waals surface area contributed by atoms with Crippen molar-refractivity contribution < 1.29 is 9.53 Å². The fraction of sp³-hybridized carbons (Fsp3) is 0.333. The van der Waals surface area contributed by atoms with E-state index in [1.165, 1.54) is 0 Å². The topological polar surface area (TPSA) is 85.2 Å². The molecule has 0 unspecified atom stereocenters. The second-order valence-electron chi connectivity index (χ2n) is 6.31. The van der Waals surface area contributed by atoms with Crippen LogP contribution in [0.5, 0.6) is 0 Å². The van der Waals surface area contributed by atoms with Crippen LogP contribution in [0.15, 0.2) is 36.8 Å². The van der Waals surface area contributed by atoms with Crippen molar-refractivity contribution in [3.05, 3.63) is 36.8 Å². The fourth-order valence-corrected chi connectivity index (χ4v) is 2.96. The molecular formula is C18H20N6O2. The highest BCUT2D eigenvalue weighted by Crippen LogP contribution is 2.23. The first-order chi connectivity index (χ1) is 12.7. The maximum atomic E-state index is 12.2. The van der Waals surface area contributed by atoms with E-state index in [4.69, 9.17) is 4.74 Å². The molecule has 8 heteroatoms. The van der Waals surface area contributed by atoms with E-state index in [0.29, 0.717) is 25.7 Å². The lowest BCUT2D eigenvalue weighted by atomic mass is 10.1. The molecule has 2 aromatic heterocycles. The number of carbonyl (C=O) groups excluding carboxylic acids is 1. The van der Waals surface area contributed by atoms with Crippen LogP contribution in [0.2, 0.25) is 0 Å². The Morgan fingerprint density at radius 2 is 2.08 bits per heavy atom. The van der Waals surface area contributed by atoms with Crippen molar-refractivity contribution in [2.45, 2.75) is 0 Å². The predicted molar refractivity (Wildman–Crippen MR) is 97.6 cm³/mol. The zero-order valence-corrected chi connectivity index (χ0v) is 14.6. The Kier molecular flexibility index (Phi) is 4.59. The van der Waals surface area contributed by atoms with Gasteiger partial charge in [0.05, 0.1) is 31.5 Å². The fourth-order valence-electron chi connectivity index (χ4n) is 2.96. The number of morpholine rings is 1. The highest BCUT2D eigenvalue weighted by atomic mass is 16.5. The third kappa shape index (κ3) is 3.71. The molecule has 1 fully saturated rings. The Labute approximate surface area is 150 Å². The molecule has 8 nitrogen and oxygen atoms in total. The summed E-state index contributed by atoms with van der Waals surface area (Å²) in [4.78, 5) is 23.0.